The molecule has 0 saturated carbocycles. The van der Waals surface area contributed by atoms with E-state index >= 15 is 0 Å². The summed E-state index contributed by atoms with van der Waals surface area (Å²) in [5.41, 5.74) is 3.01. The number of nitrogens with zero attached hydrogens (tertiary/aromatic N) is 3. The normalized spacial score (nSPS) is 16.7. The molecule has 1 aromatic carbocycles. The fraction of sp³-hybridized carbons (Fsp3) is 0.312. The molecule has 0 radical (unpaired) electrons. The maximum absolute atomic E-state index is 12.7. The molecule has 1 atom stereocenters. The van der Waals surface area contributed by atoms with Gasteiger partial charge in [0, 0.05) is 14.1 Å². The van der Waals surface area contributed by atoms with E-state index in [1.807, 2.05) is 37.2 Å². The topological polar surface area (TPSA) is 58.1 Å². The van der Waals surface area contributed by atoms with Crippen LogP contribution < -0.4 is 10.2 Å². The van der Waals surface area contributed by atoms with E-state index in [1.165, 1.54) is 11.9 Å². The van der Waals surface area contributed by atoms with Crippen molar-refractivity contribution >= 4 is 29.2 Å². The summed E-state index contributed by atoms with van der Waals surface area (Å²) in [5.74, 6) is 1.65. The zero-order chi connectivity index (χ0) is 15.5. The minimum atomic E-state index is -0.180. The molecule has 0 spiro atoms. The lowest BCUT2D eigenvalue weighted by molar-refractivity contribution is -0.115. The number of aromatic nitrogens is 2. The standard InChI is InChI=1S/C16H18N4OS/c1-20(2)15-13(9-17-10-18-15)19-16(21)14-12-6-4-3-5-11(12)7-8-22-14/h3-6,9-10,14H,7-8H2,1-2H3,(H,19,21)/t14-/m0/s1. The first-order valence-electron chi connectivity index (χ1n) is 7.14. The monoisotopic (exact) mass is 314 g/mol. The first kappa shape index (κ1) is 14.8. The fourth-order valence-corrected chi connectivity index (χ4v) is 3.77. The van der Waals surface area contributed by atoms with Crippen molar-refractivity contribution in [1.82, 2.24) is 9.97 Å². The molecule has 5 nitrogen and oxygen atoms in total. The van der Waals surface area contributed by atoms with Crippen molar-refractivity contribution in [1.29, 1.82) is 0 Å². The first-order valence-corrected chi connectivity index (χ1v) is 8.19. The van der Waals surface area contributed by atoms with Crippen LogP contribution in [0.25, 0.3) is 0 Å². The Labute approximate surface area is 134 Å². The second-order valence-electron chi connectivity index (χ2n) is 5.34. The van der Waals surface area contributed by atoms with Crippen LogP contribution in [-0.4, -0.2) is 35.7 Å². The van der Waals surface area contributed by atoms with Gasteiger partial charge in [-0.3, -0.25) is 4.79 Å². The van der Waals surface area contributed by atoms with E-state index in [9.17, 15) is 4.79 Å². The van der Waals surface area contributed by atoms with E-state index in [0.29, 0.717) is 11.5 Å². The second kappa shape index (κ2) is 6.36. The number of hydrogen-bond donors (Lipinski definition) is 1. The van der Waals surface area contributed by atoms with E-state index in [-0.39, 0.29) is 11.2 Å². The molecular weight excluding hydrogens is 296 g/mol. The maximum Gasteiger partial charge on any atom is 0.242 e. The summed E-state index contributed by atoms with van der Waals surface area (Å²) in [5, 5.41) is 2.80. The largest absolute Gasteiger partial charge is 0.361 e. The molecule has 1 amide bonds. The van der Waals surface area contributed by atoms with Gasteiger partial charge in [-0.05, 0) is 23.3 Å². The van der Waals surface area contributed by atoms with Gasteiger partial charge in [-0.25, -0.2) is 9.97 Å². The highest BCUT2D eigenvalue weighted by molar-refractivity contribution is 8.00. The fourth-order valence-electron chi connectivity index (χ4n) is 2.58. The number of thioether (sulfide) groups is 1. The van der Waals surface area contributed by atoms with Crippen molar-refractivity contribution in [3.8, 4) is 0 Å². The molecule has 2 heterocycles. The van der Waals surface area contributed by atoms with Crippen molar-refractivity contribution in [2.45, 2.75) is 11.7 Å². The minimum absolute atomic E-state index is 0.0185. The van der Waals surface area contributed by atoms with Gasteiger partial charge in [0.15, 0.2) is 5.82 Å². The first-order chi connectivity index (χ1) is 10.7. The lowest BCUT2D eigenvalue weighted by atomic mass is 10.0. The highest BCUT2D eigenvalue weighted by atomic mass is 32.2. The molecule has 0 fully saturated rings. The molecule has 1 N–H and O–H groups in total. The number of aryl methyl sites for hydroxylation is 1. The molecule has 114 valence electrons. The number of amides is 1. The van der Waals surface area contributed by atoms with Crippen LogP contribution in [0.2, 0.25) is 0 Å². The van der Waals surface area contributed by atoms with Gasteiger partial charge >= 0.3 is 0 Å². The van der Waals surface area contributed by atoms with Crippen LogP contribution in [-0.2, 0) is 11.2 Å². The van der Waals surface area contributed by atoms with Crippen LogP contribution in [0.3, 0.4) is 0 Å². The van der Waals surface area contributed by atoms with Gasteiger partial charge in [-0.15, -0.1) is 11.8 Å². The highest BCUT2D eigenvalue weighted by Crippen LogP contribution is 2.37. The Morgan fingerprint density at radius 3 is 3.00 bits per heavy atom. The Bertz CT molecular complexity index is 689. The lowest BCUT2D eigenvalue weighted by Gasteiger charge is -2.25. The van der Waals surface area contributed by atoms with Gasteiger partial charge in [-0.2, -0.15) is 0 Å². The zero-order valence-electron chi connectivity index (χ0n) is 12.6. The van der Waals surface area contributed by atoms with Crippen LogP contribution >= 0.6 is 11.8 Å². The number of anilines is 2. The van der Waals surface area contributed by atoms with E-state index in [2.05, 4.69) is 21.4 Å². The predicted octanol–water partition coefficient (Wildman–Crippen LogP) is 2.51. The number of benzene rings is 1. The quantitative estimate of drug-likeness (QED) is 0.943. The molecule has 0 saturated heterocycles. The Balaban J connectivity index is 1.85. The number of rotatable bonds is 3. The highest BCUT2D eigenvalue weighted by Gasteiger charge is 2.27. The molecular formula is C16H18N4OS. The summed E-state index contributed by atoms with van der Waals surface area (Å²) >= 11 is 1.68. The molecule has 1 aliphatic heterocycles. The average molecular weight is 314 g/mol. The molecule has 0 unspecified atom stereocenters. The van der Waals surface area contributed by atoms with Gasteiger partial charge in [0.05, 0.1) is 6.20 Å². The summed E-state index contributed by atoms with van der Waals surface area (Å²) in [6.45, 7) is 0. The SMILES string of the molecule is CN(C)c1ncncc1NC(=O)[C@H]1SCCc2ccccc21. The molecule has 2 aromatic rings. The third-order valence-electron chi connectivity index (χ3n) is 3.60. The van der Waals surface area contributed by atoms with Crippen molar-refractivity contribution in [2.75, 3.05) is 30.1 Å². The smallest absolute Gasteiger partial charge is 0.242 e. The van der Waals surface area contributed by atoms with Gasteiger partial charge in [-0.1, -0.05) is 24.3 Å². The molecule has 1 aromatic heterocycles. The average Bonchev–Trinajstić information content (AvgIpc) is 2.54. The molecule has 6 heteroatoms. The Hall–Kier alpha value is -2.08. The summed E-state index contributed by atoms with van der Waals surface area (Å²) in [6, 6.07) is 8.16. The van der Waals surface area contributed by atoms with Crippen LogP contribution in [0.5, 0.6) is 0 Å². The third-order valence-corrected chi connectivity index (χ3v) is 4.85. The summed E-state index contributed by atoms with van der Waals surface area (Å²) in [6.07, 6.45) is 4.14. The molecule has 0 bridgehead atoms. The molecule has 0 aliphatic carbocycles. The van der Waals surface area contributed by atoms with E-state index in [4.69, 9.17) is 0 Å². The summed E-state index contributed by atoms with van der Waals surface area (Å²) in [4.78, 5) is 22.8. The minimum Gasteiger partial charge on any atom is -0.361 e. The van der Waals surface area contributed by atoms with Gasteiger partial charge < -0.3 is 10.2 Å². The van der Waals surface area contributed by atoms with Crippen LogP contribution in [0.1, 0.15) is 16.4 Å². The lowest BCUT2D eigenvalue weighted by Crippen LogP contribution is -2.24. The van der Waals surface area contributed by atoms with Crippen molar-refractivity contribution in [2.24, 2.45) is 0 Å². The third kappa shape index (κ3) is 2.92. The van der Waals surface area contributed by atoms with Gasteiger partial charge in [0.25, 0.3) is 0 Å². The molecule has 1 aliphatic rings. The van der Waals surface area contributed by atoms with Gasteiger partial charge in [0.2, 0.25) is 5.91 Å². The van der Waals surface area contributed by atoms with Crippen LogP contribution in [0, 0.1) is 0 Å². The van der Waals surface area contributed by atoms with Crippen LogP contribution in [0.4, 0.5) is 11.5 Å². The van der Waals surface area contributed by atoms with Gasteiger partial charge in [0.1, 0.15) is 17.3 Å². The predicted molar refractivity (Wildman–Crippen MR) is 90.3 cm³/mol. The maximum atomic E-state index is 12.7. The number of carbonyl (C=O) groups is 1. The number of fused-ring (bicyclic) bond motifs is 1. The summed E-state index contributed by atoms with van der Waals surface area (Å²) in [7, 11) is 3.78. The van der Waals surface area contributed by atoms with Crippen LogP contribution in [0.15, 0.2) is 36.8 Å². The van der Waals surface area contributed by atoms with Crippen molar-refractivity contribution in [3.05, 3.63) is 47.9 Å². The Morgan fingerprint density at radius 2 is 2.18 bits per heavy atom. The van der Waals surface area contributed by atoms with Crippen molar-refractivity contribution in [3.63, 3.8) is 0 Å². The Kier molecular flexibility index (Phi) is 4.29. The van der Waals surface area contributed by atoms with E-state index in [1.54, 1.807) is 18.0 Å². The summed E-state index contributed by atoms with van der Waals surface area (Å²) < 4.78 is 0. The molecule has 3 rings (SSSR count). The molecule has 22 heavy (non-hydrogen) atoms. The van der Waals surface area contributed by atoms with Crippen molar-refractivity contribution < 1.29 is 4.79 Å². The Morgan fingerprint density at radius 1 is 1.36 bits per heavy atom. The van der Waals surface area contributed by atoms with E-state index < -0.39 is 0 Å². The van der Waals surface area contributed by atoms with E-state index in [0.717, 1.165) is 17.7 Å². The zero-order valence-corrected chi connectivity index (χ0v) is 13.4. The number of carbonyl (C=O) groups excluding carboxylic acids is 1. The number of hydrogen-bond acceptors (Lipinski definition) is 5. The number of nitrogens with one attached hydrogen (secondary N) is 1. The second-order valence-corrected chi connectivity index (χ2v) is 6.56.